The number of morpholine rings is 1. The number of guanidine groups is 1. The molecule has 0 bridgehead atoms. The van der Waals surface area contributed by atoms with Gasteiger partial charge in [-0.1, -0.05) is 23.7 Å². The summed E-state index contributed by atoms with van der Waals surface area (Å²) >= 11 is 5.91. The van der Waals surface area contributed by atoms with E-state index in [4.69, 9.17) is 16.3 Å². The Bertz CT molecular complexity index is 526. The zero-order chi connectivity index (χ0) is 17.4. The minimum Gasteiger partial charge on any atom is -0.379 e. The van der Waals surface area contributed by atoms with Crippen LogP contribution in [-0.2, 0) is 11.2 Å². The van der Waals surface area contributed by atoms with Crippen LogP contribution >= 0.6 is 35.6 Å². The van der Waals surface area contributed by atoms with Crippen molar-refractivity contribution in [2.45, 2.75) is 32.4 Å². The van der Waals surface area contributed by atoms with E-state index in [0.717, 1.165) is 50.3 Å². The van der Waals surface area contributed by atoms with Crippen LogP contribution in [0.3, 0.4) is 0 Å². The molecule has 1 aliphatic heterocycles. The van der Waals surface area contributed by atoms with Crippen molar-refractivity contribution in [2.75, 3.05) is 39.9 Å². The van der Waals surface area contributed by atoms with Gasteiger partial charge in [0.15, 0.2) is 5.96 Å². The standard InChI is InChI=1S/C18H29ClN4O.HI/c1-14(23-10-11-24-13-15(23)2)12-22-18(20-3)21-9-8-16-4-6-17(19)7-5-16;/h4-7,14-15H,8-13H2,1-3H3,(H2,20,21,22);1H. The van der Waals surface area contributed by atoms with Crippen molar-refractivity contribution < 1.29 is 4.74 Å². The number of nitrogens with one attached hydrogen (secondary N) is 2. The Morgan fingerprint density at radius 3 is 2.72 bits per heavy atom. The summed E-state index contributed by atoms with van der Waals surface area (Å²) in [6.45, 7) is 8.80. The summed E-state index contributed by atoms with van der Waals surface area (Å²) in [5.74, 6) is 0.844. The Labute approximate surface area is 173 Å². The van der Waals surface area contributed by atoms with Gasteiger partial charge in [-0.25, -0.2) is 0 Å². The highest BCUT2D eigenvalue weighted by Crippen LogP contribution is 2.10. The van der Waals surface area contributed by atoms with Gasteiger partial charge in [-0.05, 0) is 38.0 Å². The highest BCUT2D eigenvalue weighted by atomic mass is 127. The summed E-state index contributed by atoms with van der Waals surface area (Å²) in [7, 11) is 1.81. The third-order valence-electron chi connectivity index (χ3n) is 4.39. The number of benzene rings is 1. The molecule has 25 heavy (non-hydrogen) atoms. The molecule has 2 unspecified atom stereocenters. The molecule has 0 aromatic heterocycles. The maximum absolute atomic E-state index is 5.91. The molecular formula is C18H30ClIN4O. The van der Waals surface area contributed by atoms with Gasteiger partial charge in [-0.2, -0.15) is 0 Å². The van der Waals surface area contributed by atoms with Crippen LogP contribution in [0, 0.1) is 0 Å². The number of rotatable bonds is 6. The molecule has 1 aliphatic rings. The maximum Gasteiger partial charge on any atom is 0.191 e. The lowest BCUT2D eigenvalue weighted by Gasteiger charge is -2.38. The number of nitrogens with zero attached hydrogens (tertiary/aromatic N) is 2. The lowest BCUT2D eigenvalue weighted by molar-refractivity contribution is -0.0174. The first-order valence-corrected chi connectivity index (χ1v) is 9.00. The molecule has 2 atom stereocenters. The molecule has 0 spiro atoms. The van der Waals surface area contributed by atoms with Crippen LogP contribution < -0.4 is 10.6 Å². The molecular weight excluding hydrogens is 451 g/mol. The third kappa shape index (κ3) is 7.68. The van der Waals surface area contributed by atoms with E-state index in [9.17, 15) is 0 Å². The normalized spacial score (nSPS) is 19.8. The van der Waals surface area contributed by atoms with Crippen molar-refractivity contribution >= 4 is 41.5 Å². The van der Waals surface area contributed by atoms with E-state index in [1.54, 1.807) is 7.05 Å². The van der Waals surface area contributed by atoms with Gasteiger partial charge in [-0.3, -0.25) is 9.89 Å². The van der Waals surface area contributed by atoms with Crippen LogP contribution in [0.1, 0.15) is 19.4 Å². The van der Waals surface area contributed by atoms with Crippen LogP contribution in [0.2, 0.25) is 5.02 Å². The predicted molar refractivity (Wildman–Crippen MR) is 116 cm³/mol. The SMILES string of the molecule is CN=C(NCCc1ccc(Cl)cc1)NCC(C)N1CCOCC1C.I. The monoisotopic (exact) mass is 480 g/mol. The van der Waals surface area contributed by atoms with Gasteiger partial charge in [0.05, 0.1) is 13.2 Å². The van der Waals surface area contributed by atoms with E-state index >= 15 is 0 Å². The summed E-state index contributed by atoms with van der Waals surface area (Å²) < 4.78 is 5.51. The van der Waals surface area contributed by atoms with E-state index in [-0.39, 0.29) is 24.0 Å². The number of halogens is 2. The molecule has 0 aliphatic carbocycles. The first-order chi connectivity index (χ1) is 11.6. The van der Waals surface area contributed by atoms with Crippen molar-refractivity contribution in [3.63, 3.8) is 0 Å². The van der Waals surface area contributed by atoms with E-state index < -0.39 is 0 Å². The number of aliphatic imine (C=N–C) groups is 1. The van der Waals surface area contributed by atoms with E-state index in [2.05, 4.69) is 46.5 Å². The Hall–Kier alpha value is -0.570. The van der Waals surface area contributed by atoms with Crippen molar-refractivity contribution in [3.05, 3.63) is 34.9 Å². The van der Waals surface area contributed by atoms with Crippen LogP contribution in [0.25, 0.3) is 0 Å². The van der Waals surface area contributed by atoms with E-state index in [0.29, 0.717) is 12.1 Å². The molecule has 5 nitrogen and oxygen atoms in total. The summed E-state index contributed by atoms with van der Waals surface area (Å²) in [4.78, 5) is 6.78. The zero-order valence-electron chi connectivity index (χ0n) is 15.3. The predicted octanol–water partition coefficient (Wildman–Crippen LogP) is 2.77. The van der Waals surface area contributed by atoms with Crippen LogP contribution in [0.4, 0.5) is 0 Å². The molecule has 2 N–H and O–H groups in total. The molecule has 1 heterocycles. The van der Waals surface area contributed by atoms with Gasteiger partial charge < -0.3 is 15.4 Å². The summed E-state index contributed by atoms with van der Waals surface area (Å²) in [5, 5.41) is 7.56. The minimum absolute atomic E-state index is 0. The fraction of sp³-hybridized carbons (Fsp3) is 0.611. The topological polar surface area (TPSA) is 48.9 Å². The van der Waals surface area contributed by atoms with Crippen molar-refractivity contribution in [1.82, 2.24) is 15.5 Å². The molecule has 0 radical (unpaired) electrons. The van der Waals surface area contributed by atoms with Gasteiger partial charge in [-0.15, -0.1) is 24.0 Å². The van der Waals surface area contributed by atoms with Crippen LogP contribution in [0.15, 0.2) is 29.3 Å². The van der Waals surface area contributed by atoms with E-state index in [1.165, 1.54) is 5.56 Å². The number of ether oxygens (including phenoxy) is 1. The van der Waals surface area contributed by atoms with Crippen LogP contribution in [0.5, 0.6) is 0 Å². The maximum atomic E-state index is 5.91. The highest BCUT2D eigenvalue weighted by Gasteiger charge is 2.23. The quantitative estimate of drug-likeness (QED) is 0.373. The molecule has 0 saturated carbocycles. The zero-order valence-corrected chi connectivity index (χ0v) is 18.4. The molecule has 1 fully saturated rings. The minimum atomic E-state index is 0. The molecule has 0 amide bonds. The van der Waals surface area contributed by atoms with Crippen molar-refractivity contribution in [1.29, 1.82) is 0 Å². The van der Waals surface area contributed by atoms with Gasteiger partial charge in [0, 0.05) is 43.8 Å². The molecule has 1 aromatic carbocycles. The Kier molecular flexibility index (Phi) is 10.7. The van der Waals surface area contributed by atoms with Gasteiger partial charge in [0.25, 0.3) is 0 Å². The number of hydrogen-bond acceptors (Lipinski definition) is 3. The average molecular weight is 481 g/mol. The molecule has 1 aromatic rings. The lowest BCUT2D eigenvalue weighted by atomic mass is 10.1. The van der Waals surface area contributed by atoms with Crippen LogP contribution in [-0.4, -0.2) is 62.8 Å². The largest absolute Gasteiger partial charge is 0.379 e. The Morgan fingerprint density at radius 2 is 2.08 bits per heavy atom. The molecule has 142 valence electrons. The van der Waals surface area contributed by atoms with E-state index in [1.807, 2.05) is 12.1 Å². The summed E-state index contributed by atoms with van der Waals surface area (Å²) in [6.07, 6.45) is 0.938. The number of hydrogen-bond donors (Lipinski definition) is 2. The second kappa shape index (κ2) is 11.9. The first-order valence-electron chi connectivity index (χ1n) is 8.62. The third-order valence-corrected chi connectivity index (χ3v) is 4.65. The second-order valence-corrected chi connectivity index (χ2v) is 6.70. The fourth-order valence-electron chi connectivity index (χ4n) is 2.95. The molecule has 1 saturated heterocycles. The smallest absolute Gasteiger partial charge is 0.191 e. The summed E-state index contributed by atoms with van der Waals surface area (Å²) in [6, 6.07) is 8.88. The highest BCUT2D eigenvalue weighted by molar-refractivity contribution is 14.0. The van der Waals surface area contributed by atoms with Crippen molar-refractivity contribution in [2.24, 2.45) is 4.99 Å². The average Bonchev–Trinajstić information content (AvgIpc) is 2.59. The van der Waals surface area contributed by atoms with Gasteiger partial charge in [0.2, 0.25) is 0 Å². The second-order valence-electron chi connectivity index (χ2n) is 6.27. The molecule has 7 heteroatoms. The van der Waals surface area contributed by atoms with Gasteiger partial charge >= 0.3 is 0 Å². The van der Waals surface area contributed by atoms with Crippen molar-refractivity contribution in [3.8, 4) is 0 Å². The lowest BCUT2D eigenvalue weighted by Crippen LogP contribution is -2.53. The first kappa shape index (κ1) is 22.5. The fourth-order valence-corrected chi connectivity index (χ4v) is 3.08. The Morgan fingerprint density at radius 1 is 1.36 bits per heavy atom. The van der Waals surface area contributed by atoms with Gasteiger partial charge in [0.1, 0.15) is 0 Å². The Balaban J connectivity index is 0.00000312. The summed E-state index contributed by atoms with van der Waals surface area (Å²) in [5.41, 5.74) is 1.26. The molecule has 2 rings (SSSR count).